The van der Waals surface area contributed by atoms with Crippen molar-refractivity contribution in [1.82, 2.24) is 30.1 Å². The lowest BCUT2D eigenvalue weighted by atomic mass is 9.83. The number of allylic oxidation sites excluding steroid dienone is 1. The fourth-order valence-electron chi connectivity index (χ4n) is 10.9. The maximum absolute atomic E-state index is 14.7. The first-order chi connectivity index (χ1) is 31.0. The number of fused-ring (bicyclic) bond motifs is 6. The second-order valence-electron chi connectivity index (χ2n) is 20.0. The Hall–Kier alpha value is -5.02. The third-order valence-corrected chi connectivity index (χ3v) is 14.3. The molecule has 15 heteroatoms. The van der Waals surface area contributed by atoms with Gasteiger partial charge in [-0.05, 0) is 113 Å². The quantitative estimate of drug-likeness (QED) is 0.232. The van der Waals surface area contributed by atoms with E-state index in [2.05, 4.69) is 65.8 Å². The number of carbonyl (C=O) groups is 5. The number of amides is 4. The number of esters is 1. The number of hydrogen-bond donors (Lipinski definition) is 2. The van der Waals surface area contributed by atoms with Gasteiger partial charge in [0.05, 0.1) is 30.0 Å². The van der Waals surface area contributed by atoms with Gasteiger partial charge in [-0.25, -0.2) is 5.43 Å². The largest absolute Gasteiger partial charge is 0.464 e. The number of likely N-dealkylation sites (tertiary alicyclic amines) is 1. The van der Waals surface area contributed by atoms with E-state index in [1.807, 2.05) is 27.0 Å². The number of anilines is 1. The molecule has 0 saturated carbocycles. The number of hydrazine groups is 1. The number of methoxy groups -OCH3 is 1. The van der Waals surface area contributed by atoms with Gasteiger partial charge in [-0.15, -0.1) is 0 Å². The molecular formula is C50H72N8O7. The van der Waals surface area contributed by atoms with Crippen LogP contribution in [0.1, 0.15) is 104 Å². The van der Waals surface area contributed by atoms with Gasteiger partial charge in [0.25, 0.3) is 5.91 Å². The zero-order valence-corrected chi connectivity index (χ0v) is 40.0. The maximum atomic E-state index is 14.7. The van der Waals surface area contributed by atoms with Crippen molar-refractivity contribution in [2.24, 2.45) is 28.2 Å². The van der Waals surface area contributed by atoms with E-state index in [0.29, 0.717) is 51.7 Å². The fourth-order valence-corrected chi connectivity index (χ4v) is 10.9. The van der Waals surface area contributed by atoms with E-state index in [0.717, 1.165) is 61.1 Å². The zero-order chi connectivity index (χ0) is 46.7. The number of rotatable bonds is 10. The first kappa shape index (κ1) is 47.9. The number of aromatic nitrogens is 1. The average Bonchev–Trinajstić information content (AvgIpc) is 3.92. The van der Waals surface area contributed by atoms with Gasteiger partial charge in [0.2, 0.25) is 17.7 Å². The molecule has 3 saturated heterocycles. The van der Waals surface area contributed by atoms with E-state index in [9.17, 15) is 24.0 Å². The molecule has 3 fully saturated rings. The number of aliphatic imine (C=N–C) groups is 1. The number of aryl methyl sites for hydroxylation is 1. The molecule has 6 atom stereocenters. The summed E-state index contributed by atoms with van der Waals surface area (Å²) in [5.74, 6) is -2.24. The van der Waals surface area contributed by atoms with Crippen LogP contribution in [0.15, 0.2) is 41.5 Å². The minimum atomic E-state index is -0.921. The normalized spacial score (nSPS) is 25.0. The first-order valence-electron chi connectivity index (χ1n) is 24.0. The molecular weight excluding hydrogens is 825 g/mol. The summed E-state index contributed by atoms with van der Waals surface area (Å²) < 4.78 is 14.4. The number of nitrogens with zero attached hydrogens (tertiary/aromatic N) is 6. The second-order valence-corrected chi connectivity index (χ2v) is 20.0. The van der Waals surface area contributed by atoms with Gasteiger partial charge in [0.15, 0.2) is 0 Å². The minimum Gasteiger partial charge on any atom is -0.464 e. The molecule has 0 aliphatic carbocycles. The molecule has 6 heterocycles. The van der Waals surface area contributed by atoms with Crippen molar-refractivity contribution in [3.63, 3.8) is 0 Å². The highest BCUT2D eigenvalue weighted by molar-refractivity contribution is 5.95. The molecule has 15 nitrogen and oxygen atoms in total. The van der Waals surface area contributed by atoms with Crippen molar-refractivity contribution < 1.29 is 33.4 Å². The summed E-state index contributed by atoms with van der Waals surface area (Å²) in [4.78, 5) is 79.9. The van der Waals surface area contributed by atoms with Crippen LogP contribution in [-0.4, -0.2) is 133 Å². The molecule has 4 amide bonds. The number of nitrogens with one attached hydrogen (secondary N) is 2. The molecule has 2 N–H and O–H groups in total. The Balaban J connectivity index is 1.24. The van der Waals surface area contributed by atoms with Crippen LogP contribution in [0.2, 0.25) is 0 Å². The highest BCUT2D eigenvalue weighted by Crippen LogP contribution is 2.42. The molecule has 5 aliphatic heterocycles. The second kappa shape index (κ2) is 20.2. The van der Waals surface area contributed by atoms with Crippen molar-refractivity contribution in [3.8, 4) is 0 Å². The predicted molar refractivity (Wildman–Crippen MR) is 253 cm³/mol. The smallest absolute Gasteiger partial charge is 0.324 e. The summed E-state index contributed by atoms with van der Waals surface area (Å²) in [5.41, 5.74) is 9.50. The Kier molecular flexibility index (Phi) is 14.9. The molecule has 2 aromatic rings. The Bertz CT molecular complexity index is 2210. The lowest BCUT2D eigenvalue weighted by Gasteiger charge is -2.39. The van der Waals surface area contributed by atoms with E-state index in [1.165, 1.54) is 32.8 Å². The summed E-state index contributed by atoms with van der Waals surface area (Å²) in [6.07, 6.45) is 9.14. The number of piperidine rings is 1. The third kappa shape index (κ3) is 10.2. The van der Waals surface area contributed by atoms with Crippen molar-refractivity contribution >= 4 is 58.0 Å². The Morgan fingerprint density at radius 3 is 2.58 bits per heavy atom. The number of hydrogen-bond acceptors (Lipinski definition) is 10. The summed E-state index contributed by atoms with van der Waals surface area (Å²) >= 11 is 0. The van der Waals surface area contributed by atoms with Crippen LogP contribution in [0.3, 0.4) is 0 Å². The Morgan fingerprint density at radius 1 is 1.09 bits per heavy atom. The summed E-state index contributed by atoms with van der Waals surface area (Å²) in [7, 11) is 3.36. The molecule has 0 spiro atoms. The number of ether oxygens (including phenoxy) is 2. The molecule has 1 aromatic carbocycles. The van der Waals surface area contributed by atoms with Crippen LogP contribution >= 0.6 is 0 Å². The summed E-state index contributed by atoms with van der Waals surface area (Å²) in [6, 6.07) is 4.25. The van der Waals surface area contributed by atoms with Crippen molar-refractivity contribution in [2.75, 3.05) is 58.4 Å². The highest BCUT2D eigenvalue weighted by Gasteiger charge is 2.41. The molecule has 6 bridgehead atoms. The van der Waals surface area contributed by atoms with Gasteiger partial charge in [-0.1, -0.05) is 34.3 Å². The van der Waals surface area contributed by atoms with E-state index in [4.69, 9.17) is 14.5 Å². The molecule has 65 heavy (non-hydrogen) atoms. The molecule has 354 valence electrons. The number of likely N-dealkylation sites (N-methyl/N-ethyl adjacent to an activating group) is 1. The lowest BCUT2D eigenvalue weighted by molar-refractivity contribution is -0.155. The Morgan fingerprint density at radius 2 is 1.86 bits per heavy atom. The van der Waals surface area contributed by atoms with E-state index < -0.39 is 41.3 Å². The van der Waals surface area contributed by atoms with Crippen LogP contribution in [0.4, 0.5) is 5.69 Å². The number of benzene rings is 1. The predicted octanol–water partition coefficient (Wildman–Crippen LogP) is 5.50. The zero-order valence-electron chi connectivity index (χ0n) is 40.0. The Labute approximate surface area is 384 Å². The number of cyclic esters (lactones) is 1. The van der Waals surface area contributed by atoms with Crippen LogP contribution in [0, 0.1) is 23.2 Å². The van der Waals surface area contributed by atoms with Crippen LogP contribution in [-0.2, 0) is 46.4 Å². The standard InChI is InChI=1S/C50H72N8O7/c1-10-42(59)56-24-20-34(29-56)47(61)54(8)44(31(3)4)46(60)52-40-25-33-15-13-22-55(28-33)35-18-19-41-37(26-35)38(45(57(41)11-2)36-16-12-21-51-43(36)32(5)64-9)27-50(6,7)30-65-49(63)39-17-14-23-58(53-39)48(40)62/h10,18-19,21,26,31-34,39-40,44,53H,1,11-17,20,22-25,27-30H2,2-9H3,(H,52,60)/t32-,33-,34-,39-,40-,44-/m0/s1. The van der Waals surface area contributed by atoms with Crippen molar-refractivity contribution in [2.45, 2.75) is 130 Å². The molecule has 7 rings (SSSR count). The van der Waals surface area contributed by atoms with E-state index >= 15 is 0 Å². The number of carbonyl (C=O) groups excluding carboxylic acids is 5. The monoisotopic (exact) mass is 897 g/mol. The SMILES string of the molecule is C=CC(=O)N1CC[C@H](C(=O)N(C)[C@H](C(=O)N[C@H]2C[C@@H]3CCCN(C3)c3ccc4c(c3)c(c(C3=C([C@H](C)OC)N=CCC3)n4CC)CC(C)(C)COC(=O)[C@@H]3CCCN(N3)C2=O)C(C)C)C1. The molecule has 0 radical (unpaired) electrons. The minimum absolute atomic E-state index is 0.0550. The molecule has 5 aliphatic rings. The summed E-state index contributed by atoms with van der Waals surface area (Å²) in [5, 5.41) is 5.80. The summed E-state index contributed by atoms with van der Waals surface area (Å²) in [6.45, 7) is 19.4. The van der Waals surface area contributed by atoms with Crippen molar-refractivity contribution in [1.29, 1.82) is 0 Å². The third-order valence-electron chi connectivity index (χ3n) is 14.3. The first-order valence-corrected chi connectivity index (χ1v) is 24.0. The van der Waals surface area contributed by atoms with Crippen molar-refractivity contribution in [3.05, 3.63) is 47.8 Å². The van der Waals surface area contributed by atoms with Crippen LogP contribution < -0.4 is 15.6 Å². The van der Waals surface area contributed by atoms with Crippen LogP contribution in [0.5, 0.6) is 0 Å². The molecule has 0 unspecified atom stereocenters. The van der Waals surface area contributed by atoms with Gasteiger partial charge in [-0.3, -0.25) is 34.0 Å². The molecule has 1 aromatic heterocycles. The van der Waals surface area contributed by atoms with Gasteiger partial charge in [-0.2, -0.15) is 0 Å². The fraction of sp³-hybridized carbons (Fsp3) is 0.640. The maximum Gasteiger partial charge on any atom is 0.324 e. The average molecular weight is 897 g/mol. The van der Waals surface area contributed by atoms with Gasteiger partial charge in [0, 0.05) is 87.2 Å². The van der Waals surface area contributed by atoms with E-state index in [1.54, 1.807) is 19.1 Å². The highest BCUT2D eigenvalue weighted by atomic mass is 16.5. The topological polar surface area (TPSA) is 158 Å². The van der Waals surface area contributed by atoms with Crippen LogP contribution in [0.25, 0.3) is 16.5 Å². The van der Waals surface area contributed by atoms with Gasteiger partial charge in [0.1, 0.15) is 18.1 Å². The van der Waals surface area contributed by atoms with Gasteiger partial charge < -0.3 is 34.1 Å². The lowest BCUT2D eigenvalue weighted by Crippen LogP contribution is -2.62. The van der Waals surface area contributed by atoms with E-state index in [-0.39, 0.29) is 48.8 Å². The van der Waals surface area contributed by atoms with Gasteiger partial charge >= 0.3 is 5.97 Å².